The van der Waals surface area contributed by atoms with Crippen molar-refractivity contribution in [2.45, 2.75) is 19.8 Å². The Labute approximate surface area is 132 Å². The average molecular weight is 317 g/mol. The van der Waals surface area contributed by atoms with Gasteiger partial charge in [0.2, 0.25) is 0 Å². The lowest BCUT2D eigenvalue weighted by Crippen LogP contribution is -1.87. The van der Waals surface area contributed by atoms with E-state index < -0.39 is 5.82 Å². The maximum Gasteiger partial charge on any atom is 0.183 e. The number of hydrogen-bond donors (Lipinski definition) is 0. The topological polar surface area (TPSA) is 42.0 Å². The number of rotatable bonds is 3. The van der Waals surface area contributed by atoms with E-state index in [0.29, 0.717) is 10.8 Å². The van der Waals surface area contributed by atoms with Crippen LogP contribution >= 0.6 is 11.6 Å². The van der Waals surface area contributed by atoms with Gasteiger partial charge in [0.1, 0.15) is 11.3 Å². The molecule has 0 fully saturated rings. The summed E-state index contributed by atoms with van der Waals surface area (Å²) in [6.45, 7) is 4.04. The van der Waals surface area contributed by atoms with Crippen LogP contribution in [0.1, 0.15) is 25.5 Å². The maximum absolute atomic E-state index is 13.7. The van der Waals surface area contributed by atoms with Crippen LogP contribution < -0.4 is 0 Å². The first-order valence-corrected chi connectivity index (χ1v) is 7.28. The Kier molecular flexibility index (Phi) is 3.90. The molecule has 3 rings (SSSR count). The summed E-state index contributed by atoms with van der Waals surface area (Å²) in [7, 11) is 0. The summed E-state index contributed by atoms with van der Waals surface area (Å²) in [5.74, 6) is 0.313. The molecule has 112 valence electrons. The van der Waals surface area contributed by atoms with Gasteiger partial charge in [0.05, 0.1) is 10.7 Å². The highest BCUT2D eigenvalue weighted by Gasteiger charge is 2.15. The lowest BCUT2D eigenvalue weighted by molar-refractivity contribution is 0.628. The van der Waals surface area contributed by atoms with Gasteiger partial charge in [0, 0.05) is 6.20 Å². The van der Waals surface area contributed by atoms with Gasteiger partial charge in [-0.25, -0.2) is 9.37 Å². The van der Waals surface area contributed by atoms with Gasteiger partial charge in [-0.3, -0.25) is 4.40 Å². The van der Waals surface area contributed by atoms with Gasteiger partial charge in [-0.05, 0) is 30.2 Å². The van der Waals surface area contributed by atoms with Gasteiger partial charge in [-0.1, -0.05) is 37.6 Å². The lowest BCUT2D eigenvalue weighted by Gasteiger charge is -2.02. The molecule has 0 aliphatic carbocycles. The molecular formula is C16H14ClFN4. The summed E-state index contributed by atoms with van der Waals surface area (Å²) in [6, 6.07) is 9.84. The van der Waals surface area contributed by atoms with E-state index in [9.17, 15) is 4.39 Å². The molecule has 0 N–H and O–H groups in total. The van der Waals surface area contributed by atoms with Gasteiger partial charge in [0.15, 0.2) is 11.6 Å². The molecule has 2 aromatic heterocycles. The van der Waals surface area contributed by atoms with Crippen molar-refractivity contribution in [2.24, 2.45) is 10.2 Å². The SMILES string of the molecule is CC(C)c1nc2ccc(Cl)cn2c1N=Nc1ccccc1F. The molecule has 0 bridgehead atoms. The van der Waals surface area contributed by atoms with Crippen molar-refractivity contribution < 1.29 is 4.39 Å². The molecule has 0 radical (unpaired) electrons. The van der Waals surface area contributed by atoms with Gasteiger partial charge in [0.25, 0.3) is 0 Å². The van der Waals surface area contributed by atoms with Crippen LogP contribution in [0.15, 0.2) is 52.8 Å². The van der Waals surface area contributed by atoms with Crippen LogP contribution in [0.5, 0.6) is 0 Å². The lowest BCUT2D eigenvalue weighted by atomic mass is 10.1. The highest BCUT2D eigenvalue weighted by atomic mass is 35.5. The second-order valence-electron chi connectivity index (χ2n) is 5.20. The fourth-order valence-electron chi connectivity index (χ4n) is 2.15. The Morgan fingerprint density at radius 1 is 1.14 bits per heavy atom. The number of halogens is 2. The minimum atomic E-state index is -0.413. The molecule has 0 unspecified atom stereocenters. The minimum absolute atomic E-state index is 0.160. The Morgan fingerprint density at radius 3 is 2.64 bits per heavy atom. The first kappa shape index (κ1) is 14.7. The molecule has 0 aliphatic rings. The quantitative estimate of drug-likeness (QED) is 0.574. The van der Waals surface area contributed by atoms with Gasteiger partial charge < -0.3 is 0 Å². The van der Waals surface area contributed by atoms with Crippen molar-refractivity contribution >= 4 is 28.8 Å². The van der Waals surface area contributed by atoms with E-state index in [1.54, 1.807) is 34.9 Å². The van der Waals surface area contributed by atoms with Crippen LogP contribution in [-0.2, 0) is 0 Å². The first-order chi connectivity index (χ1) is 10.6. The van der Waals surface area contributed by atoms with E-state index in [1.165, 1.54) is 6.07 Å². The molecule has 0 amide bonds. The number of pyridine rings is 1. The number of benzene rings is 1. The van der Waals surface area contributed by atoms with E-state index in [1.807, 2.05) is 19.9 Å². The molecule has 0 atom stereocenters. The van der Waals surface area contributed by atoms with E-state index in [0.717, 1.165) is 11.3 Å². The van der Waals surface area contributed by atoms with Gasteiger partial charge in [-0.15, -0.1) is 10.2 Å². The van der Waals surface area contributed by atoms with E-state index in [4.69, 9.17) is 11.6 Å². The largest absolute Gasteiger partial charge is 0.281 e. The number of nitrogens with zero attached hydrogens (tertiary/aromatic N) is 4. The number of imidazole rings is 1. The van der Waals surface area contributed by atoms with Crippen LogP contribution in [0.3, 0.4) is 0 Å². The predicted octanol–water partition coefficient (Wildman–Crippen LogP) is 5.67. The minimum Gasteiger partial charge on any atom is -0.281 e. The zero-order chi connectivity index (χ0) is 15.7. The first-order valence-electron chi connectivity index (χ1n) is 6.90. The van der Waals surface area contributed by atoms with Gasteiger partial charge >= 0.3 is 0 Å². The standard InChI is InChI=1S/C16H14ClFN4/c1-10(2)15-16(21-20-13-6-4-3-5-12(13)18)22-9-11(17)7-8-14(22)19-15/h3-10H,1-2H3. The number of azo groups is 1. The Hall–Kier alpha value is -2.27. The van der Waals surface area contributed by atoms with Crippen LogP contribution in [0.25, 0.3) is 5.65 Å². The zero-order valence-corrected chi connectivity index (χ0v) is 12.9. The molecule has 6 heteroatoms. The molecule has 22 heavy (non-hydrogen) atoms. The van der Waals surface area contributed by atoms with Crippen molar-refractivity contribution in [1.29, 1.82) is 0 Å². The maximum atomic E-state index is 13.7. The summed E-state index contributed by atoms with van der Waals surface area (Å²) in [5.41, 5.74) is 1.71. The van der Waals surface area contributed by atoms with Crippen LogP contribution in [-0.4, -0.2) is 9.38 Å². The third-order valence-electron chi connectivity index (χ3n) is 3.23. The third-order valence-corrected chi connectivity index (χ3v) is 3.46. The van der Waals surface area contributed by atoms with Gasteiger partial charge in [-0.2, -0.15) is 0 Å². The fourth-order valence-corrected chi connectivity index (χ4v) is 2.31. The molecule has 3 aromatic rings. The fraction of sp³-hybridized carbons (Fsp3) is 0.188. The summed E-state index contributed by atoms with van der Waals surface area (Å²) < 4.78 is 15.4. The van der Waals surface area contributed by atoms with E-state index in [2.05, 4.69) is 15.2 Å². The Morgan fingerprint density at radius 2 is 1.91 bits per heavy atom. The second-order valence-corrected chi connectivity index (χ2v) is 5.64. The number of aromatic nitrogens is 2. The van der Waals surface area contributed by atoms with Crippen molar-refractivity contribution in [3.63, 3.8) is 0 Å². The van der Waals surface area contributed by atoms with Crippen molar-refractivity contribution in [3.05, 3.63) is 59.1 Å². The predicted molar refractivity (Wildman–Crippen MR) is 84.9 cm³/mol. The summed E-state index contributed by atoms with van der Waals surface area (Å²) in [4.78, 5) is 4.54. The molecule has 0 spiro atoms. The second kappa shape index (κ2) is 5.85. The number of fused-ring (bicyclic) bond motifs is 1. The molecule has 0 saturated heterocycles. The highest BCUT2D eigenvalue weighted by Crippen LogP contribution is 2.30. The smallest absolute Gasteiger partial charge is 0.183 e. The zero-order valence-electron chi connectivity index (χ0n) is 12.2. The monoisotopic (exact) mass is 316 g/mol. The van der Waals surface area contributed by atoms with Crippen LogP contribution in [0.4, 0.5) is 15.9 Å². The molecule has 2 heterocycles. The molecule has 0 aliphatic heterocycles. The van der Waals surface area contributed by atoms with Crippen molar-refractivity contribution in [2.75, 3.05) is 0 Å². The van der Waals surface area contributed by atoms with Crippen LogP contribution in [0.2, 0.25) is 5.02 Å². The summed E-state index contributed by atoms with van der Waals surface area (Å²) >= 11 is 6.04. The molecular weight excluding hydrogens is 303 g/mol. The van der Waals surface area contributed by atoms with Crippen molar-refractivity contribution in [3.8, 4) is 0 Å². The Balaban J connectivity index is 2.14. The summed E-state index contributed by atoms with van der Waals surface area (Å²) in [6.07, 6.45) is 1.73. The van der Waals surface area contributed by atoms with Crippen molar-refractivity contribution in [1.82, 2.24) is 9.38 Å². The third kappa shape index (κ3) is 2.72. The van der Waals surface area contributed by atoms with E-state index >= 15 is 0 Å². The van der Waals surface area contributed by atoms with E-state index in [-0.39, 0.29) is 11.6 Å². The summed E-state index contributed by atoms with van der Waals surface area (Å²) in [5, 5.41) is 8.80. The average Bonchev–Trinajstić information content (AvgIpc) is 2.84. The molecule has 0 saturated carbocycles. The molecule has 1 aromatic carbocycles. The number of hydrogen-bond acceptors (Lipinski definition) is 3. The highest BCUT2D eigenvalue weighted by molar-refractivity contribution is 6.30. The Bertz CT molecular complexity index is 854. The van der Waals surface area contributed by atoms with Crippen LogP contribution in [0, 0.1) is 5.82 Å². The molecule has 4 nitrogen and oxygen atoms in total. The normalized spacial score (nSPS) is 11.9.